The lowest BCUT2D eigenvalue weighted by atomic mass is 9.55. The lowest BCUT2D eigenvalue weighted by molar-refractivity contribution is -0.144. The van der Waals surface area contributed by atoms with E-state index in [-0.39, 0.29) is 53.4 Å². The van der Waals surface area contributed by atoms with Crippen LogP contribution in [0.25, 0.3) is 0 Å². The average molecular weight is 506 g/mol. The van der Waals surface area contributed by atoms with Crippen LogP contribution in [0, 0.1) is 17.8 Å². The number of ether oxygens (including phenoxy) is 1. The molecule has 6 nitrogen and oxygen atoms in total. The third-order valence-electron chi connectivity index (χ3n) is 9.11. The molecule has 2 fully saturated rings. The number of carbonyl (C=O) groups is 4. The third kappa shape index (κ3) is 3.32. The number of aldehydes is 1. The van der Waals surface area contributed by atoms with Crippen molar-refractivity contribution in [2.75, 3.05) is 0 Å². The maximum absolute atomic E-state index is 14.0. The molecule has 190 valence electrons. The van der Waals surface area contributed by atoms with Crippen molar-refractivity contribution in [2.45, 2.75) is 43.6 Å². The van der Waals surface area contributed by atoms with E-state index in [0.717, 1.165) is 6.29 Å². The van der Waals surface area contributed by atoms with E-state index in [2.05, 4.69) is 24.3 Å². The summed E-state index contributed by atoms with van der Waals surface area (Å²) in [4.78, 5) is 53.1. The quantitative estimate of drug-likeness (QED) is 0.219. The molecule has 3 aromatic carbocycles. The lowest BCUT2D eigenvalue weighted by Gasteiger charge is -2.45. The van der Waals surface area contributed by atoms with Crippen molar-refractivity contribution < 1.29 is 23.9 Å². The van der Waals surface area contributed by atoms with Crippen LogP contribution in [0.2, 0.25) is 0 Å². The number of nitrogens with zero attached hydrogens (tertiary/aromatic N) is 1. The highest BCUT2D eigenvalue weighted by Crippen LogP contribution is 2.61. The smallest absolute Gasteiger partial charge is 0.314 e. The Hall–Kier alpha value is -4.06. The minimum atomic E-state index is -0.366. The van der Waals surface area contributed by atoms with Crippen LogP contribution in [0.3, 0.4) is 0 Å². The predicted octanol–water partition coefficient (Wildman–Crippen LogP) is 4.86. The van der Waals surface area contributed by atoms with Crippen LogP contribution >= 0.6 is 0 Å². The van der Waals surface area contributed by atoms with Crippen LogP contribution in [-0.4, -0.2) is 35.0 Å². The standard InChI is InChI=1S/C32H27NO5/c34-17-18-9-15-21(16-10-18)38-32(37)19-11-13-20(14-12-19)33-30(35)28-26-22-5-1-2-6-23(22)27(29(28)31(33)36)25-8-4-3-7-24(25)26/h1-10,15-17,19-20,26-29H,11-14H2. The summed E-state index contributed by atoms with van der Waals surface area (Å²) in [5.41, 5.74) is 5.22. The molecular weight excluding hydrogens is 478 g/mol. The summed E-state index contributed by atoms with van der Waals surface area (Å²) < 4.78 is 5.54. The fourth-order valence-electron chi connectivity index (χ4n) is 7.44. The van der Waals surface area contributed by atoms with E-state index in [9.17, 15) is 19.2 Å². The van der Waals surface area contributed by atoms with Crippen LogP contribution < -0.4 is 4.74 Å². The largest absolute Gasteiger partial charge is 0.426 e. The summed E-state index contributed by atoms with van der Waals surface area (Å²) in [7, 11) is 0. The second-order valence-electron chi connectivity index (χ2n) is 10.9. The zero-order valence-corrected chi connectivity index (χ0v) is 20.8. The summed E-state index contributed by atoms with van der Waals surface area (Å²) in [6.07, 6.45) is 3.06. The van der Waals surface area contributed by atoms with Crippen molar-refractivity contribution in [3.05, 3.63) is 101 Å². The van der Waals surface area contributed by atoms with E-state index in [0.29, 0.717) is 37.0 Å². The van der Waals surface area contributed by atoms with Crippen LogP contribution in [0.4, 0.5) is 0 Å². The van der Waals surface area contributed by atoms with Crippen molar-refractivity contribution in [3.63, 3.8) is 0 Å². The van der Waals surface area contributed by atoms with E-state index in [1.165, 1.54) is 22.3 Å². The van der Waals surface area contributed by atoms with Gasteiger partial charge in [-0.2, -0.15) is 0 Å². The van der Waals surface area contributed by atoms with Crippen molar-refractivity contribution in [2.24, 2.45) is 17.8 Å². The molecule has 0 radical (unpaired) electrons. The Morgan fingerprint density at radius 3 is 1.63 bits per heavy atom. The average Bonchev–Trinajstić information content (AvgIpc) is 3.23. The van der Waals surface area contributed by atoms with Gasteiger partial charge in [-0.25, -0.2) is 0 Å². The van der Waals surface area contributed by atoms with Crippen LogP contribution in [0.5, 0.6) is 5.75 Å². The number of likely N-dealkylation sites (tertiary alicyclic amines) is 1. The molecule has 2 amide bonds. The molecule has 0 N–H and O–H groups in total. The van der Waals surface area contributed by atoms with Crippen LogP contribution in [-0.2, 0) is 14.4 Å². The Labute approximate surface area is 220 Å². The monoisotopic (exact) mass is 505 g/mol. The second-order valence-corrected chi connectivity index (χ2v) is 10.9. The predicted molar refractivity (Wildman–Crippen MR) is 139 cm³/mol. The minimum absolute atomic E-state index is 0.0553. The highest BCUT2D eigenvalue weighted by Gasteiger charge is 2.62. The zero-order chi connectivity index (χ0) is 26.0. The first-order valence-corrected chi connectivity index (χ1v) is 13.4. The van der Waals surface area contributed by atoms with Crippen molar-refractivity contribution in [3.8, 4) is 5.75 Å². The molecular formula is C32H27NO5. The summed E-state index contributed by atoms with van der Waals surface area (Å²) in [6, 6.07) is 22.8. The molecule has 2 atom stereocenters. The number of hydrogen-bond donors (Lipinski definition) is 0. The Bertz CT molecular complexity index is 1350. The zero-order valence-electron chi connectivity index (χ0n) is 20.8. The molecule has 8 rings (SSSR count). The maximum Gasteiger partial charge on any atom is 0.314 e. The molecule has 1 heterocycles. The summed E-state index contributed by atoms with van der Waals surface area (Å²) >= 11 is 0. The maximum atomic E-state index is 14.0. The third-order valence-corrected chi connectivity index (χ3v) is 9.11. The van der Waals surface area contributed by atoms with Crippen LogP contribution in [0.15, 0.2) is 72.8 Å². The molecule has 0 aromatic heterocycles. The molecule has 5 aliphatic rings. The van der Waals surface area contributed by atoms with Gasteiger partial charge in [0, 0.05) is 23.4 Å². The van der Waals surface area contributed by atoms with E-state index >= 15 is 0 Å². The lowest BCUT2D eigenvalue weighted by Crippen LogP contribution is -2.44. The van der Waals surface area contributed by atoms with Gasteiger partial charge in [0.2, 0.25) is 11.8 Å². The highest BCUT2D eigenvalue weighted by atomic mass is 16.5. The molecule has 2 unspecified atom stereocenters. The van der Waals surface area contributed by atoms with Gasteiger partial charge >= 0.3 is 5.97 Å². The molecule has 38 heavy (non-hydrogen) atoms. The number of carbonyl (C=O) groups excluding carboxylic acids is 4. The first kappa shape index (κ1) is 23.1. The topological polar surface area (TPSA) is 80.8 Å². The van der Waals surface area contributed by atoms with Gasteiger partial charge in [-0.3, -0.25) is 24.1 Å². The summed E-state index contributed by atoms with van der Waals surface area (Å²) in [5, 5.41) is 0. The van der Waals surface area contributed by atoms with E-state index in [1.54, 1.807) is 29.2 Å². The van der Waals surface area contributed by atoms with Gasteiger partial charge in [0.15, 0.2) is 0 Å². The molecule has 0 spiro atoms. The molecule has 2 bridgehead atoms. The molecule has 3 aromatic rings. The van der Waals surface area contributed by atoms with Gasteiger partial charge in [-0.1, -0.05) is 48.5 Å². The summed E-state index contributed by atoms with van der Waals surface area (Å²) in [5.74, 6) is -1.22. The highest BCUT2D eigenvalue weighted by molar-refractivity contribution is 6.08. The van der Waals surface area contributed by atoms with Crippen molar-refractivity contribution in [1.82, 2.24) is 4.90 Å². The number of benzene rings is 3. The minimum Gasteiger partial charge on any atom is -0.426 e. The Morgan fingerprint density at radius 1 is 0.711 bits per heavy atom. The SMILES string of the molecule is O=Cc1ccc(OC(=O)C2CCC(N3C(=O)C4C5c6ccccc6C(c6ccccc65)C4C3=O)CC2)cc1. The molecule has 4 aliphatic carbocycles. The number of hydrogen-bond acceptors (Lipinski definition) is 5. The van der Waals surface area contributed by atoms with E-state index in [4.69, 9.17) is 4.74 Å². The second kappa shape index (κ2) is 8.76. The van der Waals surface area contributed by atoms with Gasteiger partial charge in [0.1, 0.15) is 12.0 Å². The van der Waals surface area contributed by atoms with E-state index in [1.807, 2.05) is 24.3 Å². The van der Waals surface area contributed by atoms with Gasteiger partial charge in [-0.05, 0) is 72.2 Å². The summed E-state index contributed by atoms with van der Waals surface area (Å²) in [6.45, 7) is 0. The Balaban J connectivity index is 1.10. The van der Waals surface area contributed by atoms with Gasteiger partial charge < -0.3 is 4.74 Å². The normalized spacial score (nSPS) is 28.9. The van der Waals surface area contributed by atoms with Crippen molar-refractivity contribution in [1.29, 1.82) is 0 Å². The Morgan fingerprint density at radius 2 is 1.18 bits per heavy atom. The molecule has 1 aliphatic heterocycles. The molecule has 1 saturated heterocycles. The Kier molecular flexibility index (Phi) is 5.32. The number of imide groups is 1. The first-order valence-electron chi connectivity index (χ1n) is 13.4. The first-order chi connectivity index (χ1) is 18.6. The molecule has 1 saturated carbocycles. The van der Waals surface area contributed by atoms with Crippen LogP contribution in [0.1, 0.15) is 70.1 Å². The van der Waals surface area contributed by atoms with Gasteiger partial charge in [0.05, 0.1) is 17.8 Å². The fraction of sp³-hybridized carbons (Fsp3) is 0.312. The number of rotatable bonds is 4. The van der Waals surface area contributed by atoms with Gasteiger partial charge in [-0.15, -0.1) is 0 Å². The number of amides is 2. The number of esters is 1. The van der Waals surface area contributed by atoms with E-state index < -0.39 is 0 Å². The van der Waals surface area contributed by atoms with Crippen molar-refractivity contribution >= 4 is 24.1 Å². The van der Waals surface area contributed by atoms with Gasteiger partial charge in [0.25, 0.3) is 0 Å². The molecule has 6 heteroatoms. The fourth-order valence-corrected chi connectivity index (χ4v) is 7.44.